The minimum absolute atomic E-state index is 0.471. The van der Waals surface area contributed by atoms with Crippen LogP contribution in [-0.4, -0.2) is 15.1 Å². The summed E-state index contributed by atoms with van der Waals surface area (Å²) in [5, 5.41) is 10.3. The fraction of sp³-hybridized carbons (Fsp3) is 0.200. The molecule has 1 atom stereocenters. The van der Waals surface area contributed by atoms with E-state index in [2.05, 4.69) is 9.97 Å². The fourth-order valence-electron chi connectivity index (χ4n) is 1.19. The van der Waals surface area contributed by atoms with Crippen molar-refractivity contribution in [1.29, 1.82) is 0 Å². The maximum Gasteiger partial charge on any atom is 0.157 e. The van der Waals surface area contributed by atoms with Crippen molar-refractivity contribution < 1.29 is 5.11 Å². The van der Waals surface area contributed by atoms with Crippen LogP contribution in [0.15, 0.2) is 30.5 Å². The Morgan fingerprint density at radius 1 is 1.31 bits per heavy atom. The Balaban J connectivity index is 2.62. The van der Waals surface area contributed by atoms with Gasteiger partial charge in [0.15, 0.2) is 5.82 Å². The Kier molecular flexibility index (Phi) is 1.94. The average Bonchev–Trinajstić information content (AvgIpc) is 2.17. The smallest absolute Gasteiger partial charge is 0.157 e. The quantitative estimate of drug-likeness (QED) is 0.715. The monoisotopic (exact) mass is 174 g/mol. The van der Waals surface area contributed by atoms with Gasteiger partial charge in [0.25, 0.3) is 0 Å². The Labute approximate surface area is 76.1 Å². The number of hydrogen-bond donors (Lipinski definition) is 1. The number of rotatable bonds is 1. The maximum absolute atomic E-state index is 9.26. The van der Waals surface area contributed by atoms with Crippen LogP contribution in [0, 0.1) is 0 Å². The van der Waals surface area contributed by atoms with Gasteiger partial charge in [-0.3, -0.25) is 0 Å². The zero-order valence-corrected chi connectivity index (χ0v) is 7.31. The van der Waals surface area contributed by atoms with Crippen LogP contribution < -0.4 is 0 Å². The van der Waals surface area contributed by atoms with Crippen molar-refractivity contribution in [1.82, 2.24) is 9.97 Å². The summed E-state index contributed by atoms with van der Waals surface area (Å²) >= 11 is 0. The second-order valence-electron chi connectivity index (χ2n) is 2.96. The molecular weight excluding hydrogens is 164 g/mol. The Bertz CT molecular complexity index is 426. The molecule has 0 spiro atoms. The van der Waals surface area contributed by atoms with E-state index in [1.807, 2.05) is 24.3 Å². The van der Waals surface area contributed by atoms with Crippen LogP contribution in [0.4, 0.5) is 0 Å². The van der Waals surface area contributed by atoms with Gasteiger partial charge in [-0.1, -0.05) is 18.2 Å². The van der Waals surface area contributed by atoms with Crippen LogP contribution in [-0.2, 0) is 0 Å². The molecule has 2 rings (SSSR count). The highest BCUT2D eigenvalue weighted by Gasteiger charge is 2.04. The number of benzene rings is 1. The maximum atomic E-state index is 9.26. The molecule has 0 aliphatic rings. The second kappa shape index (κ2) is 3.11. The van der Waals surface area contributed by atoms with E-state index >= 15 is 0 Å². The van der Waals surface area contributed by atoms with Crippen molar-refractivity contribution in [3.05, 3.63) is 36.3 Å². The van der Waals surface area contributed by atoms with Gasteiger partial charge in [-0.05, 0) is 13.0 Å². The van der Waals surface area contributed by atoms with Crippen LogP contribution in [0.2, 0.25) is 0 Å². The molecule has 1 aromatic heterocycles. The van der Waals surface area contributed by atoms with Gasteiger partial charge in [0.05, 0.1) is 5.52 Å². The topological polar surface area (TPSA) is 46.0 Å². The molecule has 1 aromatic carbocycles. The summed E-state index contributed by atoms with van der Waals surface area (Å²) in [5.74, 6) is 0.471. The Morgan fingerprint density at radius 3 is 2.85 bits per heavy atom. The molecule has 1 N–H and O–H groups in total. The van der Waals surface area contributed by atoms with Gasteiger partial charge in [0.1, 0.15) is 6.10 Å². The van der Waals surface area contributed by atoms with E-state index in [0.29, 0.717) is 5.82 Å². The first kappa shape index (κ1) is 8.13. The van der Waals surface area contributed by atoms with Gasteiger partial charge in [0.2, 0.25) is 0 Å². The average molecular weight is 174 g/mol. The molecule has 3 heteroatoms. The number of aliphatic hydroxyl groups is 1. The van der Waals surface area contributed by atoms with Gasteiger partial charge in [-0.2, -0.15) is 0 Å². The molecule has 2 aromatic rings. The van der Waals surface area contributed by atoms with Crippen LogP contribution in [0.25, 0.3) is 10.9 Å². The van der Waals surface area contributed by atoms with Gasteiger partial charge in [-0.15, -0.1) is 0 Å². The molecule has 0 aliphatic carbocycles. The van der Waals surface area contributed by atoms with E-state index in [1.54, 1.807) is 13.1 Å². The normalized spacial score (nSPS) is 13.1. The minimum Gasteiger partial charge on any atom is -0.385 e. The standard InChI is InChI=1S/C10H10N2O/c1-7(13)10-11-6-8-4-2-3-5-9(8)12-10/h2-7,13H,1H3. The van der Waals surface area contributed by atoms with E-state index in [9.17, 15) is 5.11 Å². The van der Waals surface area contributed by atoms with Crippen molar-refractivity contribution >= 4 is 10.9 Å². The third-order valence-corrected chi connectivity index (χ3v) is 1.88. The van der Waals surface area contributed by atoms with Crippen molar-refractivity contribution in [2.24, 2.45) is 0 Å². The summed E-state index contributed by atoms with van der Waals surface area (Å²) in [6, 6.07) is 7.71. The van der Waals surface area contributed by atoms with E-state index in [-0.39, 0.29) is 0 Å². The number of para-hydroxylation sites is 1. The zero-order chi connectivity index (χ0) is 9.26. The molecule has 0 saturated carbocycles. The molecular formula is C10H10N2O. The summed E-state index contributed by atoms with van der Waals surface area (Å²) in [6.45, 7) is 1.66. The summed E-state index contributed by atoms with van der Waals surface area (Å²) in [7, 11) is 0. The largest absolute Gasteiger partial charge is 0.385 e. The first-order valence-corrected chi connectivity index (χ1v) is 4.17. The lowest BCUT2D eigenvalue weighted by Crippen LogP contribution is -1.98. The molecule has 0 bridgehead atoms. The summed E-state index contributed by atoms with van der Waals surface area (Å²) in [5.41, 5.74) is 0.869. The summed E-state index contributed by atoms with van der Waals surface area (Å²) in [4.78, 5) is 8.26. The van der Waals surface area contributed by atoms with Crippen LogP contribution in [0.3, 0.4) is 0 Å². The zero-order valence-electron chi connectivity index (χ0n) is 7.31. The molecule has 0 fully saturated rings. The van der Waals surface area contributed by atoms with Crippen molar-refractivity contribution in [2.45, 2.75) is 13.0 Å². The van der Waals surface area contributed by atoms with E-state index in [1.165, 1.54) is 0 Å². The lowest BCUT2D eigenvalue weighted by atomic mass is 10.2. The highest BCUT2D eigenvalue weighted by molar-refractivity contribution is 5.77. The van der Waals surface area contributed by atoms with Crippen LogP contribution >= 0.6 is 0 Å². The number of nitrogens with zero attached hydrogens (tertiary/aromatic N) is 2. The molecule has 0 amide bonds. The third kappa shape index (κ3) is 1.51. The molecule has 1 heterocycles. The minimum atomic E-state index is -0.607. The number of hydrogen-bond acceptors (Lipinski definition) is 3. The van der Waals surface area contributed by atoms with Crippen molar-refractivity contribution in [3.63, 3.8) is 0 Å². The van der Waals surface area contributed by atoms with Gasteiger partial charge >= 0.3 is 0 Å². The molecule has 1 unspecified atom stereocenters. The first-order chi connectivity index (χ1) is 6.27. The van der Waals surface area contributed by atoms with Crippen molar-refractivity contribution in [3.8, 4) is 0 Å². The molecule has 0 saturated heterocycles. The molecule has 3 nitrogen and oxygen atoms in total. The highest BCUT2D eigenvalue weighted by atomic mass is 16.3. The van der Waals surface area contributed by atoms with E-state index < -0.39 is 6.10 Å². The van der Waals surface area contributed by atoms with Gasteiger partial charge < -0.3 is 5.11 Å². The molecule has 13 heavy (non-hydrogen) atoms. The highest BCUT2D eigenvalue weighted by Crippen LogP contribution is 2.12. The van der Waals surface area contributed by atoms with Gasteiger partial charge in [-0.25, -0.2) is 9.97 Å². The number of aliphatic hydroxyl groups excluding tert-OH is 1. The van der Waals surface area contributed by atoms with E-state index in [4.69, 9.17) is 0 Å². The summed E-state index contributed by atoms with van der Waals surface area (Å²) in [6.07, 6.45) is 1.12. The van der Waals surface area contributed by atoms with Crippen LogP contribution in [0.1, 0.15) is 18.9 Å². The molecule has 66 valence electrons. The predicted molar refractivity (Wildman–Crippen MR) is 50.2 cm³/mol. The first-order valence-electron chi connectivity index (χ1n) is 4.17. The van der Waals surface area contributed by atoms with Crippen LogP contribution in [0.5, 0.6) is 0 Å². The SMILES string of the molecule is CC(O)c1ncc2ccccc2n1. The van der Waals surface area contributed by atoms with Gasteiger partial charge in [0, 0.05) is 11.6 Å². The Hall–Kier alpha value is -1.48. The number of aromatic nitrogens is 2. The molecule has 0 radical (unpaired) electrons. The Morgan fingerprint density at radius 2 is 2.08 bits per heavy atom. The number of fused-ring (bicyclic) bond motifs is 1. The predicted octanol–water partition coefficient (Wildman–Crippen LogP) is 1.68. The summed E-state index contributed by atoms with van der Waals surface area (Å²) < 4.78 is 0. The van der Waals surface area contributed by atoms with Crippen molar-refractivity contribution in [2.75, 3.05) is 0 Å². The van der Waals surface area contributed by atoms with E-state index in [0.717, 1.165) is 10.9 Å². The lowest BCUT2D eigenvalue weighted by molar-refractivity contribution is 0.189. The third-order valence-electron chi connectivity index (χ3n) is 1.88. The molecule has 0 aliphatic heterocycles. The fourth-order valence-corrected chi connectivity index (χ4v) is 1.19. The lowest BCUT2D eigenvalue weighted by Gasteiger charge is -2.03. The second-order valence-corrected chi connectivity index (χ2v) is 2.96.